The van der Waals surface area contributed by atoms with Gasteiger partial charge < -0.3 is 5.32 Å². The number of nitrogens with one attached hydrogen (secondary N) is 1. The maximum absolute atomic E-state index is 13.1. The van der Waals surface area contributed by atoms with Crippen LogP contribution in [0.1, 0.15) is 47.8 Å². The average Bonchev–Trinajstić information content (AvgIpc) is 2.71. The largest absolute Gasteiger partial charge is 0.416 e. The molecule has 0 fully saturated rings. The Morgan fingerprint density at radius 1 is 1.13 bits per heavy atom. The molecule has 31 heavy (non-hydrogen) atoms. The van der Waals surface area contributed by atoms with Crippen molar-refractivity contribution >= 4 is 15.9 Å². The van der Waals surface area contributed by atoms with Crippen LogP contribution in [0.5, 0.6) is 0 Å². The molecule has 0 radical (unpaired) electrons. The Balaban J connectivity index is 2.27. The fourth-order valence-electron chi connectivity index (χ4n) is 2.95. The lowest BCUT2D eigenvalue weighted by molar-refractivity contribution is -0.137. The molecule has 10 heteroatoms. The van der Waals surface area contributed by atoms with E-state index in [0.29, 0.717) is 16.5 Å². The number of halogens is 3. The van der Waals surface area contributed by atoms with E-state index in [0.717, 1.165) is 12.1 Å². The smallest absolute Gasteiger partial charge is 0.345 e. The molecule has 0 aromatic heterocycles. The van der Waals surface area contributed by atoms with Gasteiger partial charge >= 0.3 is 6.18 Å². The maximum atomic E-state index is 13.1. The van der Waals surface area contributed by atoms with Crippen molar-refractivity contribution in [3.8, 4) is 0 Å². The Hall–Kier alpha value is -2.43. The Morgan fingerprint density at radius 3 is 2.26 bits per heavy atom. The number of carbonyl (C=O) groups is 1. The van der Waals surface area contributed by atoms with E-state index in [1.807, 2.05) is 13.8 Å². The number of carbonyl (C=O) groups excluding carboxylic acids is 1. The van der Waals surface area contributed by atoms with Gasteiger partial charge in [0.1, 0.15) is 0 Å². The molecule has 1 atom stereocenters. The van der Waals surface area contributed by atoms with Crippen molar-refractivity contribution in [2.24, 2.45) is 5.92 Å². The summed E-state index contributed by atoms with van der Waals surface area (Å²) in [6, 6.07) is 9.43. The highest BCUT2D eigenvalue weighted by Gasteiger charge is 2.31. The second-order valence-electron chi connectivity index (χ2n) is 7.40. The van der Waals surface area contributed by atoms with E-state index in [2.05, 4.69) is 5.32 Å². The molecule has 0 spiro atoms. The van der Waals surface area contributed by atoms with Crippen LogP contribution in [0.25, 0.3) is 0 Å². The van der Waals surface area contributed by atoms with Crippen molar-refractivity contribution in [1.82, 2.24) is 9.79 Å². The molecule has 1 unspecified atom stereocenters. The molecule has 0 aliphatic heterocycles. The summed E-state index contributed by atoms with van der Waals surface area (Å²) in [5, 5.41) is 2.76. The van der Waals surface area contributed by atoms with Crippen molar-refractivity contribution in [1.29, 1.82) is 0 Å². The zero-order valence-electron chi connectivity index (χ0n) is 17.6. The first-order chi connectivity index (χ1) is 14.4. The van der Waals surface area contributed by atoms with Gasteiger partial charge in [-0.3, -0.25) is 9.63 Å². The number of rotatable bonds is 8. The molecule has 2 rings (SSSR count). The molecule has 0 saturated carbocycles. The predicted octanol–water partition coefficient (Wildman–Crippen LogP) is 4.40. The highest BCUT2D eigenvalue weighted by atomic mass is 32.2. The number of amides is 1. The van der Waals surface area contributed by atoms with Crippen molar-refractivity contribution in [3.63, 3.8) is 0 Å². The predicted molar refractivity (Wildman–Crippen MR) is 110 cm³/mol. The van der Waals surface area contributed by atoms with Crippen LogP contribution in [0.2, 0.25) is 0 Å². The molecule has 0 bridgehead atoms. The summed E-state index contributed by atoms with van der Waals surface area (Å²) in [6.45, 7) is 3.80. The van der Waals surface area contributed by atoms with Crippen LogP contribution >= 0.6 is 0 Å². The summed E-state index contributed by atoms with van der Waals surface area (Å²) < 4.78 is 64.5. The third-order valence-corrected chi connectivity index (χ3v) is 6.33. The van der Waals surface area contributed by atoms with Crippen LogP contribution < -0.4 is 5.32 Å². The highest BCUT2D eigenvalue weighted by molar-refractivity contribution is 7.89. The van der Waals surface area contributed by atoms with Gasteiger partial charge in [0.25, 0.3) is 15.9 Å². The van der Waals surface area contributed by atoms with Crippen LogP contribution in [0.15, 0.2) is 53.4 Å². The number of nitrogens with zero attached hydrogens (tertiary/aromatic N) is 1. The first kappa shape index (κ1) is 24.8. The van der Waals surface area contributed by atoms with E-state index < -0.39 is 33.7 Å². The molecule has 0 heterocycles. The van der Waals surface area contributed by atoms with E-state index in [9.17, 15) is 26.4 Å². The van der Waals surface area contributed by atoms with E-state index in [1.165, 1.54) is 44.5 Å². The Kier molecular flexibility index (Phi) is 7.85. The van der Waals surface area contributed by atoms with Gasteiger partial charge in [0, 0.05) is 12.6 Å². The molecule has 0 saturated heterocycles. The van der Waals surface area contributed by atoms with Crippen molar-refractivity contribution in [2.75, 3.05) is 14.2 Å². The van der Waals surface area contributed by atoms with Crippen LogP contribution in [0.4, 0.5) is 13.2 Å². The molecular weight excluding hydrogens is 433 g/mol. The molecule has 6 nitrogen and oxygen atoms in total. The zero-order valence-corrected chi connectivity index (χ0v) is 18.4. The number of hydrogen-bond acceptors (Lipinski definition) is 4. The average molecular weight is 459 g/mol. The van der Waals surface area contributed by atoms with Gasteiger partial charge in [-0.1, -0.05) is 30.4 Å². The zero-order chi connectivity index (χ0) is 23.4. The van der Waals surface area contributed by atoms with Gasteiger partial charge in [-0.25, -0.2) is 8.42 Å². The lowest BCUT2D eigenvalue weighted by Gasteiger charge is -2.22. The second-order valence-corrected chi connectivity index (χ2v) is 9.34. The van der Waals surface area contributed by atoms with Gasteiger partial charge in [-0.05, 0) is 54.3 Å². The van der Waals surface area contributed by atoms with Gasteiger partial charge in [-0.2, -0.15) is 13.2 Å². The second kappa shape index (κ2) is 9.80. The summed E-state index contributed by atoms with van der Waals surface area (Å²) >= 11 is 0. The van der Waals surface area contributed by atoms with Crippen LogP contribution in [0.3, 0.4) is 0 Å². The minimum atomic E-state index is -4.49. The molecule has 0 aliphatic carbocycles. The highest BCUT2D eigenvalue weighted by Crippen LogP contribution is 2.32. The summed E-state index contributed by atoms with van der Waals surface area (Å²) in [7, 11) is -1.41. The third kappa shape index (κ3) is 6.28. The standard InChI is InChI=1S/C21H25F3N2O4S/c1-14(2)12-19(16-6-5-7-17(13-16)21(22,23)24)25-20(27)15-8-10-18(11-9-15)31(28,29)26(3)30-4/h5-11,13-14,19H,12H2,1-4H3,(H,25,27). The lowest BCUT2D eigenvalue weighted by atomic mass is 9.95. The first-order valence-electron chi connectivity index (χ1n) is 9.47. The first-order valence-corrected chi connectivity index (χ1v) is 10.9. The Labute approximate surface area is 180 Å². The molecule has 2 aromatic rings. The van der Waals surface area contributed by atoms with Crippen molar-refractivity contribution < 1.29 is 31.2 Å². The number of sulfonamides is 1. The van der Waals surface area contributed by atoms with E-state index >= 15 is 0 Å². The number of hydrogen-bond donors (Lipinski definition) is 1. The van der Waals surface area contributed by atoms with Crippen LogP contribution in [-0.4, -0.2) is 33.0 Å². The van der Waals surface area contributed by atoms with Gasteiger partial charge in [0.15, 0.2) is 0 Å². The quantitative estimate of drug-likeness (QED) is 0.595. The van der Waals surface area contributed by atoms with Crippen LogP contribution in [0, 0.1) is 5.92 Å². The fraction of sp³-hybridized carbons (Fsp3) is 0.381. The minimum Gasteiger partial charge on any atom is -0.345 e. The van der Waals surface area contributed by atoms with E-state index in [-0.39, 0.29) is 16.4 Å². The number of alkyl halides is 3. The van der Waals surface area contributed by atoms with Crippen LogP contribution in [-0.2, 0) is 21.0 Å². The van der Waals surface area contributed by atoms with Gasteiger partial charge in [-0.15, -0.1) is 0 Å². The summed E-state index contributed by atoms with van der Waals surface area (Å²) in [5.74, 6) is -0.413. The fourth-order valence-corrected chi connectivity index (χ4v) is 3.92. The van der Waals surface area contributed by atoms with Gasteiger partial charge in [0.05, 0.1) is 23.6 Å². The third-order valence-electron chi connectivity index (χ3n) is 4.64. The monoisotopic (exact) mass is 458 g/mol. The Morgan fingerprint density at radius 2 is 1.74 bits per heavy atom. The molecule has 1 N–H and O–H groups in total. The molecule has 2 aromatic carbocycles. The van der Waals surface area contributed by atoms with Crippen molar-refractivity contribution in [3.05, 3.63) is 65.2 Å². The molecule has 1 amide bonds. The summed E-state index contributed by atoms with van der Waals surface area (Å²) in [6.07, 6.45) is -4.06. The van der Waals surface area contributed by atoms with Gasteiger partial charge in [0.2, 0.25) is 0 Å². The van der Waals surface area contributed by atoms with E-state index in [4.69, 9.17) is 4.84 Å². The lowest BCUT2D eigenvalue weighted by Crippen LogP contribution is -2.30. The van der Waals surface area contributed by atoms with Crippen molar-refractivity contribution in [2.45, 2.75) is 37.4 Å². The number of hydroxylamine groups is 1. The van der Waals surface area contributed by atoms with E-state index in [1.54, 1.807) is 6.07 Å². The number of benzene rings is 2. The SMILES string of the molecule is CON(C)S(=O)(=O)c1ccc(C(=O)NC(CC(C)C)c2cccc(C(F)(F)F)c2)cc1. The topological polar surface area (TPSA) is 75.7 Å². The maximum Gasteiger partial charge on any atom is 0.416 e. The summed E-state index contributed by atoms with van der Waals surface area (Å²) in [5.41, 5.74) is -0.262. The molecular formula is C21H25F3N2O4S. The minimum absolute atomic E-state index is 0.0648. The molecule has 0 aliphatic rings. The Bertz CT molecular complexity index is 1010. The molecule has 170 valence electrons. The summed E-state index contributed by atoms with van der Waals surface area (Å²) in [4.78, 5) is 17.4. The normalized spacial score (nSPS) is 13.5.